The second-order valence-electron chi connectivity index (χ2n) is 8.21. The second-order valence-corrected chi connectivity index (χ2v) is 14.4. The van der Waals surface area contributed by atoms with Crippen molar-refractivity contribution in [2.24, 2.45) is 5.92 Å². The first-order chi connectivity index (χ1) is 11.7. The lowest BCUT2D eigenvalue weighted by molar-refractivity contribution is 0.392. The van der Waals surface area contributed by atoms with E-state index in [1.165, 1.54) is 5.56 Å². The monoisotopic (exact) mass is 359 g/mol. The van der Waals surface area contributed by atoms with Crippen LogP contribution in [0.2, 0.25) is 22.9 Å². The maximum absolute atomic E-state index is 9.60. The van der Waals surface area contributed by atoms with Crippen LogP contribution in [0.3, 0.4) is 0 Å². The Balaban J connectivity index is 3.46. The van der Waals surface area contributed by atoms with Gasteiger partial charge in [0.05, 0.1) is 14.1 Å². The summed E-state index contributed by atoms with van der Waals surface area (Å²) in [6.45, 7) is 14.0. The molecule has 0 aliphatic carbocycles. The summed E-state index contributed by atoms with van der Waals surface area (Å²) in [7, 11) is -3.26. The fourth-order valence-electron chi connectivity index (χ4n) is 5.26. The average molecular weight is 359 g/mol. The van der Waals surface area contributed by atoms with Gasteiger partial charge in [-0.1, -0.05) is 88.5 Å². The SMILES string of the molecule is CC(C)[Si](C(C)C)(C(C)C)C(CC(C#N)CB(O)O)c1ccccc1. The van der Waals surface area contributed by atoms with Crippen molar-refractivity contribution in [3.05, 3.63) is 35.9 Å². The number of nitriles is 1. The van der Waals surface area contributed by atoms with Gasteiger partial charge in [0.2, 0.25) is 0 Å². The molecule has 0 amide bonds. The topological polar surface area (TPSA) is 64.2 Å². The summed E-state index contributed by atoms with van der Waals surface area (Å²) in [5, 5.41) is 28.4. The molecule has 0 saturated heterocycles. The molecule has 2 atom stereocenters. The van der Waals surface area contributed by atoms with E-state index in [2.05, 4.69) is 71.9 Å². The highest BCUT2D eigenvalue weighted by Crippen LogP contribution is 2.52. The Morgan fingerprint density at radius 2 is 1.44 bits per heavy atom. The van der Waals surface area contributed by atoms with Crippen molar-refractivity contribution >= 4 is 15.2 Å². The number of nitrogens with zero attached hydrogens (tertiary/aromatic N) is 1. The first-order valence-corrected chi connectivity index (χ1v) is 11.8. The van der Waals surface area contributed by atoms with Crippen LogP contribution >= 0.6 is 0 Å². The molecule has 0 aliphatic rings. The van der Waals surface area contributed by atoms with E-state index >= 15 is 0 Å². The summed E-state index contributed by atoms with van der Waals surface area (Å²) >= 11 is 0. The molecule has 0 spiro atoms. The molecular formula is C20H34BNO2Si. The van der Waals surface area contributed by atoms with Gasteiger partial charge in [0.1, 0.15) is 0 Å². The van der Waals surface area contributed by atoms with Crippen LogP contribution in [0, 0.1) is 17.2 Å². The highest BCUT2D eigenvalue weighted by molar-refractivity contribution is 6.84. The first-order valence-electron chi connectivity index (χ1n) is 9.48. The van der Waals surface area contributed by atoms with Gasteiger partial charge >= 0.3 is 7.12 Å². The van der Waals surface area contributed by atoms with Crippen LogP contribution in [0.15, 0.2) is 30.3 Å². The van der Waals surface area contributed by atoms with Gasteiger partial charge in [-0.05, 0) is 23.8 Å². The van der Waals surface area contributed by atoms with Crippen LogP contribution in [-0.2, 0) is 0 Å². The minimum Gasteiger partial charge on any atom is -0.427 e. The summed E-state index contributed by atoms with van der Waals surface area (Å²) < 4.78 is 0. The number of hydrogen-bond donors (Lipinski definition) is 2. The predicted molar refractivity (Wildman–Crippen MR) is 109 cm³/mol. The molecule has 0 aromatic heterocycles. The normalized spacial score (nSPS) is 14.6. The van der Waals surface area contributed by atoms with Crippen molar-refractivity contribution in [2.45, 2.75) is 76.4 Å². The Bertz CT molecular complexity index is 533. The van der Waals surface area contributed by atoms with Gasteiger partial charge in [-0.15, -0.1) is 0 Å². The molecule has 0 radical (unpaired) electrons. The highest BCUT2D eigenvalue weighted by Gasteiger charge is 2.49. The van der Waals surface area contributed by atoms with Crippen LogP contribution in [0.1, 0.15) is 59.1 Å². The van der Waals surface area contributed by atoms with Crippen molar-refractivity contribution < 1.29 is 10.0 Å². The predicted octanol–water partition coefficient (Wildman–Crippen LogP) is 4.99. The van der Waals surface area contributed by atoms with Crippen molar-refractivity contribution in [3.8, 4) is 6.07 Å². The van der Waals surface area contributed by atoms with Crippen molar-refractivity contribution in [1.29, 1.82) is 5.26 Å². The smallest absolute Gasteiger partial charge is 0.427 e. The summed E-state index contributed by atoms with van der Waals surface area (Å²) in [5.74, 6) is -0.340. The second kappa shape index (κ2) is 9.57. The molecule has 0 saturated carbocycles. The van der Waals surface area contributed by atoms with Crippen LogP contribution in [0.4, 0.5) is 0 Å². The molecule has 1 aromatic carbocycles. The third-order valence-corrected chi connectivity index (χ3v) is 13.8. The fraction of sp³-hybridized carbons (Fsp3) is 0.650. The van der Waals surface area contributed by atoms with Gasteiger partial charge in [0, 0.05) is 5.92 Å². The van der Waals surface area contributed by atoms with Crippen molar-refractivity contribution in [1.82, 2.24) is 0 Å². The van der Waals surface area contributed by atoms with Gasteiger partial charge in [0.15, 0.2) is 0 Å². The molecule has 2 unspecified atom stereocenters. The largest absolute Gasteiger partial charge is 0.452 e. The zero-order chi connectivity index (χ0) is 19.2. The Morgan fingerprint density at radius 3 is 1.80 bits per heavy atom. The lowest BCUT2D eigenvalue weighted by Gasteiger charge is -2.50. The van der Waals surface area contributed by atoms with E-state index < -0.39 is 15.2 Å². The number of rotatable bonds is 9. The van der Waals surface area contributed by atoms with E-state index in [4.69, 9.17) is 0 Å². The Kier molecular flexibility index (Phi) is 8.40. The van der Waals surface area contributed by atoms with Gasteiger partial charge in [-0.3, -0.25) is 0 Å². The molecule has 0 bridgehead atoms. The lowest BCUT2D eigenvalue weighted by atomic mass is 9.77. The maximum atomic E-state index is 9.60. The van der Waals surface area contributed by atoms with Crippen LogP contribution < -0.4 is 0 Å². The van der Waals surface area contributed by atoms with E-state index in [9.17, 15) is 15.3 Å². The maximum Gasteiger partial charge on any atom is 0.452 e. The Morgan fingerprint density at radius 1 is 0.960 bits per heavy atom. The fourth-order valence-corrected chi connectivity index (χ4v) is 13.1. The van der Waals surface area contributed by atoms with Gasteiger partial charge in [0.25, 0.3) is 0 Å². The zero-order valence-electron chi connectivity index (χ0n) is 16.6. The number of benzene rings is 1. The van der Waals surface area contributed by atoms with E-state index in [-0.39, 0.29) is 12.2 Å². The van der Waals surface area contributed by atoms with Crippen molar-refractivity contribution in [3.63, 3.8) is 0 Å². The summed E-state index contributed by atoms with van der Waals surface area (Å²) in [5.41, 5.74) is 3.37. The third kappa shape index (κ3) is 4.97. The zero-order valence-corrected chi connectivity index (χ0v) is 17.6. The van der Waals surface area contributed by atoms with Gasteiger partial charge in [-0.2, -0.15) is 5.26 Å². The van der Waals surface area contributed by atoms with Gasteiger partial charge < -0.3 is 10.0 Å². The quantitative estimate of drug-likeness (QED) is 0.611. The lowest BCUT2D eigenvalue weighted by Crippen LogP contribution is -2.51. The molecule has 25 heavy (non-hydrogen) atoms. The summed E-state index contributed by atoms with van der Waals surface area (Å²) in [6.07, 6.45) is 0.831. The molecule has 0 aliphatic heterocycles. The molecule has 1 aromatic rings. The van der Waals surface area contributed by atoms with Crippen LogP contribution in [0.25, 0.3) is 0 Å². The van der Waals surface area contributed by atoms with Crippen LogP contribution in [-0.4, -0.2) is 25.2 Å². The molecule has 2 N–H and O–H groups in total. The summed E-state index contributed by atoms with van der Waals surface area (Å²) in [4.78, 5) is 0. The average Bonchev–Trinajstić information content (AvgIpc) is 2.52. The molecular weight excluding hydrogens is 325 g/mol. The molecule has 3 nitrogen and oxygen atoms in total. The van der Waals surface area contributed by atoms with E-state index in [1.54, 1.807) is 0 Å². The minimum absolute atomic E-state index is 0.124. The minimum atomic E-state index is -1.84. The molecule has 138 valence electrons. The van der Waals surface area contributed by atoms with E-state index in [0.717, 1.165) is 0 Å². The van der Waals surface area contributed by atoms with Crippen molar-refractivity contribution in [2.75, 3.05) is 0 Å². The van der Waals surface area contributed by atoms with E-state index in [0.29, 0.717) is 28.6 Å². The highest BCUT2D eigenvalue weighted by atomic mass is 28.3. The van der Waals surface area contributed by atoms with Crippen LogP contribution in [0.5, 0.6) is 0 Å². The van der Waals surface area contributed by atoms with Gasteiger partial charge in [-0.25, -0.2) is 0 Å². The third-order valence-electron chi connectivity index (χ3n) is 6.00. The van der Waals surface area contributed by atoms with E-state index in [1.807, 2.05) is 6.07 Å². The molecule has 1 rings (SSSR count). The number of hydrogen-bond acceptors (Lipinski definition) is 3. The molecule has 0 heterocycles. The molecule has 5 heteroatoms. The first kappa shape index (κ1) is 22.0. The standard InChI is InChI=1S/C20H34BNO2Si/c1-15(2)25(16(3)4,17(5)6)20(19-10-8-7-9-11-19)12-18(14-22)13-21(23)24/h7-11,15-18,20,23-24H,12-13H2,1-6H3. The Labute approximate surface area is 155 Å². The molecule has 0 fully saturated rings. The Hall–Kier alpha value is -1.09. The summed E-state index contributed by atoms with van der Waals surface area (Å²) in [6, 6.07) is 12.9.